The van der Waals surface area contributed by atoms with E-state index in [1.807, 2.05) is 6.92 Å². The second kappa shape index (κ2) is 17.3. The predicted molar refractivity (Wildman–Crippen MR) is 56.4 cm³/mol. The molecule has 0 spiro atoms. The summed E-state index contributed by atoms with van der Waals surface area (Å²) >= 11 is 8.77. The van der Waals surface area contributed by atoms with Gasteiger partial charge in [-0.2, -0.15) is 0 Å². The average molecular weight is 323 g/mol. The molecule has 0 aromatic rings. The van der Waals surface area contributed by atoms with Crippen LogP contribution in [0.25, 0.3) is 0 Å². The zero-order chi connectivity index (χ0) is 10.9. The first kappa shape index (κ1) is 26.8. The standard InChI is InChI=1S/C3H8O3S.C3H6OS2.2K/c1-2-3-7(4,5)6;1-2-4-3(5)6;;/h2-3H2,1H3,(H,4,5,6);2H2,1H3,(H,5,6);;/q;;2*+1/p-2. The van der Waals surface area contributed by atoms with Gasteiger partial charge in [0.15, 0.2) is 0 Å². The number of hydrogen-bond acceptors (Lipinski definition) is 6. The summed E-state index contributed by atoms with van der Waals surface area (Å²) in [6.45, 7) is 4.08. The average Bonchev–Trinajstić information content (AvgIpc) is 1.84. The van der Waals surface area contributed by atoms with Crippen LogP contribution in [0, 0.1) is 0 Å². The van der Waals surface area contributed by atoms with Crippen molar-refractivity contribution in [3.05, 3.63) is 0 Å². The molecule has 0 rings (SSSR count). The van der Waals surface area contributed by atoms with E-state index in [1.165, 1.54) is 0 Å². The summed E-state index contributed by atoms with van der Waals surface area (Å²) in [4.78, 5) is 0. The molecule has 0 fully saturated rings. The molecule has 15 heavy (non-hydrogen) atoms. The molecule has 0 radical (unpaired) electrons. The molecule has 0 aromatic heterocycles. The van der Waals surface area contributed by atoms with Gasteiger partial charge in [0.2, 0.25) is 0 Å². The van der Waals surface area contributed by atoms with Crippen LogP contribution in [0.2, 0.25) is 0 Å². The molecule has 0 aliphatic heterocycles. The number of rotatable bonds is 3. The van der Waals surface area contributed by atoms with E-state index in [2.05, 4.69) is 29.6 Å². The van der Waals surface area contributed by atoms with Gasteiger partial charge in [0.25, 0.3) is 0 Å². The molecule has 4 nitrogen and oxygen atoms in total. The summed E-state index contributed by atoms with van der Waals surface area (Å²) in [6, 6.07) is 0. The summed E-state index contributed by atoms with van der Waals surface area (Å²) < 4.78 is 33.8. The molecule has 0 unspecified atom stereocenters. The maximum atomic E-state index is 9.68. The van der Waals surface area contributed by atoms with Gasteiger partial charge in [0.05, 0.1) is 16.7 Å². The van der Waals surface area contributed by atoms with Gasteiger partial charge in [-0.1, -0.05) is 6.92 Å². The molecule has 0 amide bonds. The van der Waals surface area contributed by atoms with Crippen LogP contribution in [0.4, 0.5) is 0 Å². The van der Waals surface area contributed by atoms with Crippen molar-refractivity contribution in [1.82, 2.24) is 0 Å². The Morgan fingerprint density at radius 1 is 1.40 bits per heavy atom. The van der Waals surface area contributed by atoms with Gasteiger partial charge in [-0.15, -0.1) is 0 Å². The van der Waals surface area contributed by atoms with E-state index in [9.17, 15) is 13.0 Å². The molecule has 0 atom stereocenters. The quantitative estimate of drug-likeness (QED) is 0.224. The van der Waals surface area contributed by atoms with Gasteiger partial charge in [-0.05, 0) is 13.3 Å². The van der Waals surface area contributed by atoms with Gasteiger partial charge in [0.1, 0.15) is 0 Å². The molecule has 0 aliphatic rings. The monoisotopic (exact) mass is 322 g/mol. The van der Waals surface area contributed by atoms with Crippen molar-refractivity contribution in [3.63, 3.8) is 0 Å². The van der Waals surface area contributed by atoms with Crippen LogP contribution >= 0.6 is 12.2 Å². The van der Waals surface area contributed by atoms with Crippen molar-refractivity contribution in [2.45, 2.75) is 20.3 Å². The van der Waals surface area contributed by atoms with E-state index in [1.54, 1.807) is 6.92 Å². The van der Waals surface area contributed by atoms with E-state index < -0.39 is 10.1 Å². The normalized spacial score (nSPS) is 8.47. The second-order valence-corrected chi connectivity index (χ2v) is 4.47. The Labute approximate surface area is 188 Å². The summed E-state index contributed by atoms with van der Waals surface area (Å²) in [6.07, 6.45) is 0.409. The molecule has 0 aromatic carbocycles. The topological polar surface area (TPSA) is 66.4 Å². The predicted octanol–water partition coefficient (Wildman–Crippen LogP) is -5.20. The first-order chi connectivity index (χ1) is 5.83. The minimum absolute atomic E-state index is 0. The molecular weight excluding hydrogens is 310 g/mol. The van der Waals surface area contributed by atoms with Gasteiger partial charge in [-0.3, -0.25) is 0 Å². The van der Waals surface area contributed by atoms with Crippen molar-refractivity contribution < 1.29 is 120 Å². The summed E-state index contributed by atoms with van der Waals surface area (Å²) in [5.74, 6) is -0.243. The van der Waals surface area contributed by atoms with Crippen molar-refractivity contribution in [2.75, 3.05) is 12.4 Å². The molecule has 0 saturated carbocycles. The SMILES string of the molecule is CCCS(=O)(=O)[O-].CCOC(=S)[S-].[K+].[K+]. The van der Waals surface area contributed by atoms with Crippen molar-refractivity contribution >= 4 is 39.3 Å². The maximum Gasteiger partial charge on any atom is 1.00 e. The third-order valence-corrected chi connectivity index (χ3v) is 1.86. The Morgan fingerprint density at radius 3 is 1.80 bits per heavy atom. The van der Waals surface area contributed by atoms with Gasteiger partial charge in [-0.25, -0.2) is 8.42 Å². The minimum Gasteiger partial charge on any atom is -0.748 e. The van der Waals surface area contributed by atoms with Crippen LogP contribution in [0.3, 0.4) is 0 Å². The van der Waals surface area contributed by atoms with Crippen LogP contribution < -0.4 is 103 Å². The number of ether oxygens (including phenoxy) is 1. The molecule has 0 N–H and O–H groups in total. The van der Waals surface area contributed by atoms with E-state index in [0.29, 0.717) is 13.0 Å². The van der Waals surface area contributed by atoms with Crippen molar-refractivity contribution in [3.8, 4) is 0 Å². The number of hydrogen-bond donors (Lipinski definition) is 0. The van der Waals surface area contributed by atoms with Crippen LogP contribution in [-0.4, -0.2) is 29.7 Å². The van der Waals surface area contributed by atoms with Gasteiger partial charge in [0, 0.05) is 10.1 Å². The smallest absolute Gasteiger partial charge is 0.748 e. The maximum absolute atomic E-state index is 9.68. The van der Waals surface area contributed by atoms with Crippen LogP contribution in [0.15, 0.2) is 0 Å². The minimum atomic E-state index is -3.92. The summed E-state index contributed by atoms with van der Waals surface area (Å²) in [7, 11) is -3.92. The van der Waals surface area contributed by atoms with Crippen LogP contribution in [0.1, 0.15) is 20.3 Å². The molecule has 9 heteroatoms. The Morgan fingerprint density at radius 2 is 1.80 bits per heavy atom. The van der Waals surface area contributed by atoms with E-state index in [-0.39, 0.29) is 113 Å². The van der Waals surface area contributed by atoms with Gasteiger partial charge < -0.3 is 34.1 Å². The third-order valence-electron chi connectivity index (χ3n) is 0.716. The molecular formula is C6H12K2O4S3. The summed E-state index contributed by atoms with van der Waals surface area (Å²) in [5, 5.41) is 0. The van der Waals surface area contributed by atoms with Crippen LogP contribution in [-0.2, 0) is 27.5 Å². The second-order valence-electron chi connectivity index (χ2n) is 1.94. The molecule has 0 saturated heterocycles. The summed E-state index contributed by atoms with van der Waals surface area (Å²) in [5.41, 5.74) is 0. The Hall–Kier alpha value is 3.29. The first-order valence-electron chi connectivity index (χ1n) is 3.60. The fraction of sp³-hybridized carbons (Fsp3) is 0.833. The largest absolute Gasteiger partial charge is 1.00 e. The zero-order valence-corrected chi connectivity index (χ0v) is 18.2. The fourth-order valence-corrected chi connectivity index (χ4v) is 1.10. The van der Waals surface area contributed by atoms with Crippen molar-refractivity contribution in [2.24, 2.45) is 0 Å². The van der Waals surface area contributed by atoms with E-state index in [0.717, 1.165) is 0 Å². The van der Waals surface area contributed by atoms with E-state index in [4.69, 9.17) is 0 Å². The first-order valence-corrected chi connectivity index (χ1v) is 6.00. The fourth-order valence-electron chi connectivity index (χ4n) is 0.368. The van der Waals surface area contributed by atoms with Gasteiger partial charge >= 0.3 is 103 Å². The molecule has 0 bridgehead atoms. The molecule has 80 valence electrons. The molecule has 0 heterocycles. The van der Waals surface area contributed by atoms with Crippen molar-refractivity contribution in [1.29, 1.82) is 0 Å². The zero-order valence-electron chi connectivity index (χ0n) is 9.48. The molecule has 0 aliphatic carbocycles. The third kappa shape index (κ3) is 38.2. The Kier molecular flexibility index (Phi) is 30.9. The Bertz CT molecular complexity index is 231. The Balaban J connectivity index is -0.0000000718. The van der Waals surface area contributed by atoms with E-state index >= 15 is 0 Å². The van der Waals surface area contributed by atoms with Crippen LogP contribution in [0.5, 0.6) is 0 Å². The number of thiocarbonyl (C=S) groups is 1.